The number of ether oxygens (including phenoxy) is 1. The van der Waals surface area contributed by atoms with Crippen molar-refractivity contribution in [3.8, 4) is 0 Å². The molecule has 0 radical (unpaired) electrons. The van der Waals surface area contributed by atoms with E-state index in [0.717, 1.165) is 11.1 Å². The van der Waals surface area contributed by atoms with E-state index in [-0.39, 0.29) is 0 Å². The standard InChI is InChI=1S/C13H15NO4/c1-7-4-5-10(8(2)6-7)14-11(12(15)16)9(3)18-13(14)17/h4-6,9,11H,1-3H3,(H,15,16). The molecule has 1 aliphatic rings. The summed E-state index contributed by atoms with van der Waals surface area (Å²) in [6.07, 6.45) is -1.27. The van der Waals surface area contributed by atoms with Gasteiger partial charge in [0.1, 0.15) is 6.10 Å². The van der Waals surface area contributed by atoms with Crippen LogP contribution in [0.15, 0.2) is 18.2 Å². The predicted molar refractivity (Wildman–Crippen MR) is 65.8 cm³/mol. The number of hydrogen-bond acceptors (Lipinski definition) is 3. The molecule has 1 heterocycles. The number of aryl methyl sites for hydroxylation is 2. The van der Waals surface area contributed by atoms with Crippen LogP contribution in [0.2, 0.25) is 0 Å². The average molecular weight is 249 g/mol. The number of nitrogens with zero attached hydrogens (tertiary/aromatic N) is 1. The number of anilines is 1. The zero-order chi connectivity index (χ0) is 13.4. The van der Waals surface area contributed by atoms with E-state index in [4.69, 9.17) is 4.74 Å². The van der Waals surface area contributed by atoms with E-state index in [1.54, 1.807) is 13.0 Å². The van der Waals surface area contributed by atoms with Gasteiger partial charge in [-0.05, 0) is 32.4 Å². The molecule has 18 heavy (non-hydrogen) atoms. The summed E-state index contributed by atoms with van der Waals surface area (Å²) < 4.78 is 4.99. The van der Waals surface area contributed by atoms with Gasteiger partial charge in [-0.2, -0.15) is 0 Å². The number of benzene rings is 1. The van der Waals surface area contributed by atoms with Crippen LogP contribution in [0, 0.1) is 13.8 Å². The second-order valence-electron chi connectivity index (χ2n) is 4.53. The van der Waals surface area contributed by atoms with Crippen LogP contribution in [0.4, 0.5) is 10.5 Å². The van der Waals surface area contributed by atoms with Crippen molar-refractivity contribution in [3.05, 3.63) is 29.3 Å². The van der Waals surface area contributed by atoms with E-state index in [9.17, 15) is 14.7 Å². The van der Waals surface area contributed by atoms with Gasteiger partial charge < -0.3 is 9.84 Å². The molecule has 1 aromatic carbocycles. The second kappa shape index (κ2) is 4.33. The monoisotopic (exact) mass is 249 g/mol. The van der Waals surface area contributed by atoms with Crippen LogP contribution < -0.4 is 4.90 Å². The van der Waals surface area contributed by atoms with Crippen molar-refractivity contribution >= 4 is 17.7 Å². The van der Waals surface area contributed by atoms with Crippen LogP contribution in [-0.2, 0) is 9.53 Å². The van der Waals surface area contributed by atoms with Gasteiger partial charge in [0.05, 0.1) is 5.69 Å². The van der Waals surface area contributed by atoms with Crippen molar-refractivity contribution < 1.29 is 19.4 Å². The lowest BCUT2D eigenvalue weighted by Crippen LogP contribution is -2.42. The molecule has 2 rings (SSSR count). The highest BCUT2D eigenvalue weighted by Crippen LogP contribution is 2.30. The van der Waals surface area contributed by atoms with Crippen molar-refractivity contribution in [2.24, 2.45) is 0 Å². The number of carboxylic acids is 1. The first kappa shape index (κ1) is 12.4. The Kier molecular flexibility index (Phi) is 2.98. The van der Waals surface area contributed by atoms with Crippen LogP contribution in [0.25, 0.3) is 0 Å². The molecule has 1 fully saturated rings. The predicted octanol–water partition coefficient (Wildman–Crippen LogP) is 2.10. The summed E-state index contributed by atoms with van der Waals surface area (Å²) in [7, 11) is 0. The van der Waals surface area contributed by atoms with Crippen molar-refractivity contribution in [3.63, 3.8) is 0 Å². The lowest BCUT2D eigenvalue weighted by molar-refractivity contribution is -0.139. The van der Waals surface area contributed by atoms with Gasteiger partial charge in [0.15, 0.2) is 6.04 Å². The fourth-order valence-corrected chi connectivity index (χ4v) is 2.24. The third-order valence-corrected chi connectivity index (χ3v) is 3.07. The highest BCUT2D eigenvalue weighted by Gasteiger charge is 2.45. The first-order valence-corrected chi connectivity index (χ1v) is 5.71. The molecule has 96 valence electrons. The van der Waals surface area contributed by atoms with Crippen LogP contribution in [0.3, 0.4) is 0 Å². The van der Waals surface area contributed by atoms with Gasteiger partial charge >= 0.3 is 12.1 Å². The zero-order valence-electron chi connectivity index (χ0n) is 10.5. The Morgan fingerprint density at radius 3 is 2.61 bits per heavy atom. The third kappa shape index (κ3) is 1.92. The van der Waals surface area contributed by atoms with Gasteiger partial charge in [0, 0.05) is 0 Å². The van der Waals surface area contributed by atoms with Crippen LogP contribution >= 0.6 is 0 Å². The van der Waals surface area contributed by atoms with E-state index < -0.39 is 24.2 Å². The van der Waals surface area contributed by atoms with E-state index in [2.05, 4.69) is 0 Å². The van der Waals surface area contributed by atoms with Gasteiger partial charge in [-0.15, -0.1) is 0 Å². The Morgan fingerprint density at radius 2 is 2.06 bits per heavy atom. The van der Waals surface area contributed by atoms with Crippen molar-refractivity contribution in [2.75, 3.05) is 4.90 Å². The van der Waals surface area contributed by atoms with Crippen LogP contribution in [0.5, 0.6) is 0 Å². The maximum absolute atomic E-state index is 11.8. The summed E-state index contributed by atoms with van der Waals surface area (Å²) in [4.78, 5) is 24.2. The molecule has 0 bridgehead atoms. The highest BCUT2D eigenvalue weighted by atomic mass is 16.6. The summed E-state index contributed by atoms with van der Waals surface area (Å²) in [6.45, 7) is 5.37. The fourth-order valence-electron chi connectivity index (χ4n) is 2.24. The minimum Gasteiger partial charge on any atom is -0.480 e. The maximum Gasteiger partial charge on any atom is 0.415 e. The number of carbonyl (C=O) groups is 2. The van der Waals surface area contributed by atoms with Crippen molar-refractivity contribution in [1.82, 2.24) is 0 Å². The highest BCUT2D eigenvalue weighted by molar-refractivity contribution is 5.99. The Labute approximate surface area is 105 Å². The van der Waals surface area contributed by atoms with Crippen LogP contribution in [0.1, 0.15) is 18.1 Å². The Balaban J connectivity index is 2.47. The molecule has 5 nitrogen and oxygen atoms in total. The SMILES string of the molecule is Cc1ccc(N2C(=O)OC(C)C2C(=O)O)c(C)c1. The van der Waals surface area contributed by atoms with E-state index in [0.29, 0.717) is 5.69 Å². The first-order chi connectivity index (χ1) is 8.41. The van der Waals surface area contributed by atoms with Crippen LogP contribution in [-0.4, -0.2) is 29.3 Å². The van der Waals surface area contributed by atoms with Gasteiger partial charge in [-0.25, -0.2) is 9.59 Å². The first-order valence-electron chi connectivity index (χ1n) is 5.71. The molecule has 2 atom stereocenters. The van der Waals surface area contributed by atoms with Gasteiger partial charge in [-0.1, -0.05) is 17.7 Å². The zero-order valence-corrected chi connectivity index (χ0v) is 10.5. The second-order valence-corrected chi connectivity index (χ2v) is 4.53. The summed E-state index contributed by atoms with van der Waals surface area (Å²) in [5, 5.41) is 9.20. The molecule has 0 aromatic heterocycles. The molecule has 0 spiro atoms. The van der Waals surface area contributed by atoms with Gasteiger partial charge in [-0.3, -0.25) is 4.90 Å². The Morgan fingerprint density at radius 1 is 1.39 bits per heavy atom. The molecule has 1 aliphatic heterocycles. The largest absolute Gasteiger partial charge is 0.480 e. The molecule has 1 amide bonds. The molecule has 1 aromatic rings. The van der Waals surface area contributed by atoms with Gasteiger partial charge in [0.25, 0.3) is 0 Å². The Hall–Kier alpha value is -2.04. The third-order valence-electron chi connectivity index (χ3n) is 3.07. The molecule has 5 heteroatoms. The lowest BCUT2D eigenvalue weighted by atomic mass is 10.1. The number of aliphatic carboxylic acids is 1. The van der Waals surface area contributed by atoms with Crippen molar-refractivity contribution in [2.45, 2.75) is 32.9 Å². The molecule has 2 unspecified atom stereocenters. The van der Waals surface area contributed by atoms with E-state index >= 15 is 0 Å². The summed E-state index contributed by atoms with van der Waals surface area (Å²) in [5.41, 5.74) is 2.50. The quantitative estimate of drug-likeness (QED) is 0.871. The lowest BCUT2D eigenvalue weighted by Gasteiger charge is -2.21. The van der Waals surface area contributed by atoms with E-state index in [1.165, 1.54) is 4.90 Å². The normalized spacial score (nSPS) is 23.1. The van der Waals surface area contributed by atoms with E-state index in [1.807, 2.05) is 26.0 Å². The summed E-state index contributed by atoms with van der Waals surface area (Å²) >= 11 is 0. The topological polar surface area (TPSA) is 66.8 Å². The number of carboxylic acid groups (broad SMARTS) is 1. The molecular weight excluding hydrogens is 234 g/mol. The van der Waals surface area contributed by atoms with Gasteiger partial charge in [0.2, 0.25) is 0 Å². The summed E-state index contributed by atoms with van der Waals surface area (Å²) in [5.74, 6) is -1.06. The molecule has 0 saturated carbocycles. The minimum absolute atomic E-state index is 0.586. The number of amides is 1. The number of cyclic esters (lactones) is 1. The maximum atomic E-state index is 11.8. The molecule has 0 aliphatic carbocycles. The molecular formula is C13H15NO4. The molecule has 1 N–H and O–H groups in total. The average Bonchev–Trinajstić information content (AvgIpc) is 2.53. The number of rotatable bonds is 2. The minimum atomic E-state index is -1.06. The smallest absolute Gasteiger partial charge is 0.415 e. The fraction of sp³-hybridized carbons (Fsp3) is 0.385. The summed E-state index contributed by atoms with van der Waals surface area (Å²) in [6, 6.07) is 4.53. The number of hydrogen-bond donors (Lipinski definition) is 1. The molecule has 1 saturated heterocycles. The number of carbonyl (C=O) groups excluding carboxylic acids is 1. The Bertz CT molecular complexity index is 512. The van der Waals surface area contributed by atoms with Crippen molar-refractivity contribution in [1.29, 1.82) is 0 Å².